The molecule has 0 aromatic carbocycles. The van der Waals surface area contributed by atoms with Crippen molar-refractivity contribution in [3.63, 3.8) is 0 Å². The molecule has 2 N–H and O–H groups in total. The van der Waals surface area contributed by atoms with E-state index >= 15 is 0 Å². The van der Waals surface area contributed by atoms with Gasteiger partial charge in [-0.2, -0.15) is 13.2 Å². The summed E-state index contributed by atoms with van der Waals surface area (Å²) in [4.78, 5) is 23.8. The van der Waals surface area contributed by atoms with Crippen LogP contribution in [0.3, 0.4) is 0 Å². The van der Waals surface area contributed by atoms with Gasteiger partial charge in [0.1, 0.15) is 0 Å². The SMILES string of the molecule is CCC(C)NC(=O)CN1CCC(C(=O)O)(C(F)(F)F)C1. The number of carboxylic acid groups (broad SMARTS) is 1. The first-order valence-electron chi connectivity index (χ1n) is 6.44. The Hall–Kier alpha value is -1.31. The van der Waals surface area contributed by atoms with Crippen LogP contribution < -0.4 is 5.32 Å². The quantitative estimate of drug-likeness (QED) is 0.801. The van der Waals surface area contributed by atoms with Crippen molar-refractivity contribution in [2.75, 3.05) is 19.6 Å². The molecule has 1 fully saturated rings. The van der Waals surface area contributed by atoms with Crippen LogP contribution in [0, 0.1) is 5.41 Å². The number of nitrogens with one attached hydrogen (secondary N) is 1. The molecule has 0 spiro atoms. The van der Waals surface area contributed by atoms with Crippen molar-refractivity contribution in [2.24, 2.45) is 5.41 Å². The largest absolute Gasteiger partial charge is 0.481 e. The summed E-state index contributed by atoms with van der Waals surface area (Å²) in [6, 6.07) is -0.0584. The lowest BCUT2D eigenvalue weighted by Crippen LogP contribution is -2.48. The van der Waals surface area contributed by atoms with Gasteiger partial charge >= 0.3 is 12.1 Å². The number of halogens is 3. The monoisotopic (exact) mass is 296 g/mol. The summed E-state index contributed by atoms with van der Waals surface area (Å²) in [6.45, 7) is 2.72. The Morgan fingerprint density at radius 1 is 1.45 bits per heavy atom. The molecule has 116 valence electrons. The van der Waals surface area contributed by atoms with Crippen LogP contribution in [-0.2, 0) is 9.59 Å². The molecule has 0 radical (unpaired) electrons. The van der Waals surface area contributed by atoms with Gasteiger partial charge in [-0.25, -0.2) is 0 Å². The molecule has 1 saturated heterocycles. The smallest absolute Gasteiger partial charge is 0.406 e. The van der Waals surface area contributed by atoms with Crippen molar-refractivity contribution < 1.29 is 27.9 Å². The summed E-state index contributed by atoms with van der Waals surface area (Å²) >= 11 is 0. The van der Waals surface area contributed by atoms with Crippen LogP contribution in [0.5, 0.6) is 0 Å². The number of amides is 1. The van der Waals surface area contributed by atoms with Crippen LogP contribution in [0.1, 0.15) is 26.7 Å². The second-order valence-electron chi connectivity index (χ2n) is 5.22. The average Bonchev–Trinajstić information content (AvgIpc) is 2.73. The van der Waals surface area contributed by atoms with Gasteiger partial charge in [-0.05, 0) is 19.8 Å². The van der Waals surface area contributed by atoms with Crippen molar-refractivity contribution >= 4 is 11.9 Å². The Morgan fingerprint density at radius 2 is 2.05 bits per heavy atom. The fourth-order valence-corrected chi connectivity index (χ4v) is 2.18. The van der Waals surface area contributed by atoms with Gasteiger partial charge in [0.15, 0.2) is 5.41 Å². The molecule has 8 heteroatoms. The highest BCUT2D eigenvalue weighted by molar-refractivity contribution is 5.79. The normalized spacial score (nSPS) is 25.4. The number of likely N-dealkylation sites (tertiary alicyclic amines) is 1. The first-order chi connectivity index (χ1) is 9.12. The minimum atomic E-state index is -4.82. The van der Waals surface area contributed by atoms with Crippen LogP contribution in [0.15, 0.2) is 0 Å². The van der Waals surface area contributed by atoms with Crippen molar-refractivity contribution in [1.82, 2.24) is 10.2 Å². The van der Waals surface area contributed by atoms with Gasteiger partial charge in [0.25, 0.3) is 0 Å². The van der Waals surface area contributed by atoms with Gasteiger partial charge in [-0.15, -0.1) is 0 Å². The van der Waals surface area contributed by atoms with Crippen LogP contribution in [-0.4, -0.2) is 53.7 Å². The fraction of sp³-hybridized carbons (Fsp3) is 0.833. The summed E-state index contributed by atoms with van der Waals surface area (Å²) in [6.07, 6.45) is -4.63. The number of carbonyl (C=O) groups excluding carboxylic acids is 1. The number of hydrogen-bond acceptors (Lipinski definition) is 3. The molecule has 2 atom stereocenters. The highest BCUT2D eigenvalue weighted by atomic mass is 19.4. The number of alkyl halides is 3. The third-order valence-electron chi connectivity index (χ3n) is 3.69. The molecule has 0 aromatic heterocycles. The van der Waals surface area contributed by atoms with E-state index in [-0.39, 0.29) is 25.0 Å². The Kier molecular flexibility index (Phi) is 5.01. The second-order valence-corrected chi connectivity index (χ2v) is 5.22. The van der Waals surface area contributed by atoms with E-state index in [1.807, 2.05) is 6.92 Å². The fourth-order valence-electron chi connectivity index (χ4n) is 2.18. The third-order valence-corrected chi connectivity index (χ3v) is 3.69. The molecule has 1 aliphatic heterocycles. The maximum absolute atomic E-state index is 12.9. The minimum absolute atomic E-state index is 0.0558. The highest BCUT2D eigenvalue weighted by Crippen LogP contribution is 2.45. The summed E-state index contributed by atoms with van der Waals surface area (Å²) < 4.78 is 38.8. The minimum Gasteiger partial charge on any atom is -0.481 e. The maximum atomic E-state index is 12.9. The number of carboxylic acids is 1. The van der Waals surface area contributed by atoms with E-state index in [2.05, 4.69) is 5.32 Å². The zero-order valence-electron chi connectivity index (χ0n) is 11.5. The van der Waals surface area contributed by atoms with E-state index < -0.39 is 30.5 Å². The zero-order chi connectivity index (χ0) is 15.6. The highest BCUT2D eigenvalue weighted by Gasteiger charge is 2.63. The van der Waals surface area contributed by atoms with E-state index in [0.717, 1.165) is 0 Å². The molecule has 1 rings (SSSR count). The number of rotatable bonds is 5. The van der Waals surface area contributed by atoms with Gasteiger partial charge < -0.3 is 10.4 Å². The molecule has 1 aliphatic rings. The second kappa shape index (κ2) is 5.99. The number of hydrogen-bond donors (Lipinski definition) is 2. The Labute approximate surface area is 115 Å². The average molecular weight is 296 g/mol. The number of carbonyl (C=O) groups is 2. The molecule has 1 amide bonds. The van der Waals surface area contributed by atoms with Crippen molar-refractivity contribution in [2.45, 2.75) is 38.9 Å². The summed E-state index contributed by atoms with van der Waals surface area (Å²) in [7, 11) is 0. The predicted octanol–water partition coefficient (Wildman–Crippen LogP) is 1.24. The molecular weight excluding hydrogens is 277 g/mol. The van der Waals surface area contributed by atoms with E-state index in [4.69, 9.17) is 5.11 Å². The van der Waals surface area contributed by atoms with Gasteiger partial charge in [-0.1, -0.05) is 6.92 Å². The molecule has 5 nitrogen and oxygen atoms in total. The Bertz CT molecular complexity index is 387. The molecule has 1 heterocycles. The van der Waals surface area contributed by atoms with Crippen molar-refractivity contribution in [3.05, 3.63) is 0 Å². The van der Waals surface area contributed by atoms with E-state index in [9.17, 15) is 22.8 Å². The molecule has 20 heavy (non-hydrogen) atoms. The van der Waals surface area contributed by atoms with Crippen molar-refractivity contribution in [3.8, 4) is 0 Å². The molecule has 0 saturated carbocycles. The van der Waals surface area contributed by atoms with Crippen LogP contribution >= 0.6 is 0 Å². The van der Waals surface area contributed by atoms with Crippen LogP contribution in [0.4, 0.5) is 13.2 Å². The Balaban J connectivity index is 2.66. The molecule has 0 bridgehead atoms. The molecule has 2 unspecified atom stereocenters. The maximum Gasteiger partial charge on any atom is 0.406 e. The van der Waals surface area contributed by atoms with E-state index in [1.54, 1.807) is 6.92 Å². The lowest BCUT2D eigenvalue weighted by atomic mass is 9.86. The number of nitrogens with zero attached hydrogens (tertiary/aromatic N) is 1. The standard InChI is InChI=1S/C12H19F3N2O3/c1-3-8(2)16-9(18)6-17-5-4-11(7-17,10(19)20)12(13,14)15/h8H,3-7H2,1-2H3,(H,16,18)(H,19,20). The molecule has 0 aromatic rings. The lowest BCUT2D eigenvalue weighted by molar-refractivity contribution is -0.227. The topological polar surface area (TPSA) is 69.6 Å². The molecular formula is C12H19F3N2O3. The van der Waals surface area contributed by atoms with E-state index in [0.29, 0.717) is 6.42 Å². The van der Waals surface area contributed by atoms with Gasteiger partial charge in [0, 0.05) is 19.1 Å². The Morgan fingerprint density at radius 3 is 2.45 bits per heavy atom. The predicted molar refractivity (Wildman–Crippen MR) is 65.1 cm³/mol. The van der Waals surface area contributed by atoms with E-state index in [1.165, 1.54) is 4.90 Å². The summed E-state index contributed by atoms with van der Waals surface area (Å²) in [5.74, 6) is -2.27. The zero-order valence-corrected chi connectivity index (χ0v) is 11.5. The van der Waals surface area contributed by atoms with Crippen molar-refractivity contribution in [1.29, 1.82) is 0 Å². The van der Waals surface area contributed by atoms with Gasteiger partial charge in [-0.3, -0.25) is 14.5 Å². The van der Waals surface area contributed by atoms with Gasteiger partial charge in [0.05, 0.1) is 6.54 Å². The first-order valence-corrected chi connectivity index (χ1v) is 6.44. The van der Waals surface area contributed by atoms with Crippen LogP contribution in [0.25, 0.3) is 0 Å². The first kappa shape index (κ1) is 16.7. The third kappa shape index (κ3) is 3.41. The molecule has 0 aliphatic carbocycles. The number of aliphatic carboxylic acids is 1. The summed E-state index contributed by atoms with van der Waals surface area (Å²) in [5.41, 5.74) is -2.76. The summed E-state index contributed by atoms with van der Waals surface area (Å²) in [5, 5.41) is 11.5. The van der Waals surface area contributed by atoms with Gasteiger partial charge in [0.2, 0.25) is 5.91 Å². The lowest BCUT2D eigenvalue weighted by Gasteiger charge is -2.27. The van der Waals surface area contributed by atoms with Crippen LogP contribution in [0.2, 0.25) is 0 Å².